The highest BCUT2D eigenvalue weighted by atomic mass is 31.2. The summed E-state index contributed by atoms with van der Waals surface area (Å²) in [5, 5.41) is 10.6. The molecule has 0 aromatic carbocycles. The summed E-state index contributed by atoms with van der Waals surface area (Å²) >= 11 is 0. The first kappa shape index (κ1) is 98.1. The van der Waals surface area contributed by atoms with E-state index in [-0.39, 0.29) is 25.7 Å². The van der Waals surface area contributed by atoms with Crippen LogP contribution in [0.4, 0.5) is 0 Å². The van der Waals surface area contributed by atoms with Crippen molar-refractivity contribution in [3.8, 4) is 0 Å². The Morgan fingerprint density at radius 3 is 0.680 bits per heavy atom. The lowest BCUT2D eigenvalue weighted by atomic mass is 10.0. The number of carbonyl (C=O) groups excluding carboxylic acids is 4. The van der Waals surface area contributed by atoms with Crippen molar-refractivity contribution < 1.29 is 80.2 Å². The Morgan fingerprint density at radius 1 is 0.270 bits per heavy atom. The molecule has 0 saturated heterocycles. The van der Waals surface area contributed by atoms with Crippen LogP contribution in [0.3, 0.4) is 0 Å². The quantitative estimate of drug-likeness (QED) is 0.0222. The second kappa shape index (κ2) is 72.6. The summed E-state index contributed by atoms with van der Waals surface area (Å²) < 4.78 is 68.6. The lowest BCUT2D eigenvalue weighted by Gasteiger charge is -2.21. The molecule has 0 aromatic rings. The van der Waals surface area contributed by atoms with E-state index in [0.29, 0.717) is 25.7 Å². The monoisotopic (exact) mass is 1470 g/mol. The van der Waals surface area contributed by atoms with E-state index in [4.69, 9.17) is 37.0 Å². The average Bonchev–Trinajstić information content (AvgIpc) is 0.941. The van der Waals surface area contributed by atoms with Crippen molar-refractivity contribution in [2.75, 3.05) is 39.6 Å². The fourth-order valence-corrected chi connectivity index (χ4v) is 14.1. The summed E-state index contributed by atoms with van der Waals surface area (Å²) in [6, 6.07) is 0. The van der Waals surface area contributed by atoms with Gasteiger partial charge in [0.25, 0.3) is 0 Å². The maximum Gasteiger partial charge on any atom is 0.472 e. The maximum absolute atomic E-state index is 13.1. The summed E-state index contributed by atoms with van der Waals surface area (Å²) in [7, 11) is -9.91. The number of aliphatic hydroxyl groups excluding tert-OH is 1. The van der Waals surface area contributed by atoms with Crippen molar-refractivity contribution in [1.29, 1.82) is 0 Å². The van der Waals surface area contributed by atoms with Gasteiger partial charge in [-0.1, -0.05) is 375 Å². The number of phosphoric acid groups is 2. The van der Waals surface area contributed by atoms with E-state index in [9.17, 15) is 43.2 Å². The van der Waals surface area contributed by atoms with Crippen LogP contribution in [0.15, 0.2) is 0 Å². The third-order valence-corrected chi connectivity index (χ3v) is 20.9. The molecule has 0 amide bonds. The molecule has 0 heterocycles. The highest BCUT2D eigenvalue weighted by Gasteiger charge is 2.30. The van der Waals surface area contributed by atoms with Crippen molar-refractivity contribution in [3.05, 3.63) is 0 Å². The van der Waals surface area contributed by atoms with Gasteiger partial charge in [0.05, 0.1) is 26.4 Å². The Morgan fingerprint density at radius 2 is 0.460 bits per heavy atom. The minimum Gasteiger partial charge on any atom is -0.462 e. The predicted molar refractivity (Wildman–Crippen MR) is 409 cm³/mol. The van der Waals surface area contributed by atoms with Crippen LogP contribution in [0.25, 0.3) is 0 Å². The molecular weight excluding hydrogens is 1310 g/mol. The van der Waals surface area contributed by atoms with Crippen molar-refractivity contribution in [2.24, 2.45) is 11.8 Å². The Hall–Kier alpha value is -1.94. The number of aliphatic hydroxyl groups is 1. The van der Waals surface area contributed by atoms with Crippen LogP contribution in [0.2, 0.25) is 0 Å². The van der Waals surface area contributed by atoms with Gasteiger partial charge < -0.3 is 33.8 Å². The first-order valence-corrected chi connectivity index (χ1v) is 45.0. The van der Waals surface area contributed by atoms with Crippen LogP contribution < -0.4 is 0 Å². The lowest BCUT2D eigenvalue weighted by molar-refractivity contribution is -0.161. The van der Waals surface area contributed by atoms with Gasteiger partial charge in [0.1, 0.15) is 19.3 Å². The highest BCUT2D eigenvalue weighted by Crippen LogP contribution is 2.45. The number of hydrogen-bond donors (Lipinski definition) is 3. The predicted octanol–water partition coefficient (Wildman–Crippen LogP) is 24.3. The number of unbranched alkanes of at least 4 members (excludes halogenated alkanes) is 50. The number of esters is 4. The molecule has 0 saturated carbocycles. The smallest absolute Gasteiger partial charge is 0.462 e. The van der Waals surface area contributed by atoms with Gasteiger partial charge in [-0.05, 0) is 37.5 Å². The zero-order valence-electron chi connectivity index (χ0n) is 65.5. The maximum atomic E-state index is 13.1. The van der Waals surface area contributed by atoms with Gasteiger partial charge in [0, 0.05) is 25.7 Å². The van der Waals surface area contributed by atoms with Gasteiger partial charge in [-0.3, -0.25) is 37.3 Å². The minimum atomic E-state index is -4.96. The Balaban J connectivity index is 5.18. The molecule has 0 bridgehead atoms. The van der Waals surface area contributed by atoms with Crippen molar-refractivity contribution in [1.82, 2.24) is 0 Å². The average molecular weight is 1470 g/mol. The number of carbonyl (C=O) groups is 4. The number of hydrogen-bond acceptors (Lipinski definition) is 15. The molecule has 0 radical (unpaired) electrons. The molecule has 0 fully saturated rings. The summed E-state index contributed by atoms with van der Waals surface area (Å²) in [5.74, 6) is -0.527. The standard InChI is InChI=1S/C81H158O17P2/c1-7-9-11-13-15-16-17-18-19-20-21-22-26-29-35-40-46-52-58-64-79(84)92-70-77(98-81(86)65-59-53-47-41-36-30-27-24-23-25-28-33-38-44-49-55-61-73(3)4)72-96-100(89,90)94-68-75(82)67-93-99(87,88)95-71-76(69-91-78(83)63-57-51-43-14-12-10-8-2)97-80(85)66-60-54-48-42-37-32-31-34-39-45-50-56-62-74(5)6/h73-77,82H,7-72H2,1-6H3,(H,87,88)(H,89,90)/t75-,76+,77+/m0/s1. The van der Waals surface area contributed by atoms with E-state index in [2.05, 4.69) is 41.5 Å². The summed E-state index contributed by atoms with van der Waals surface area (Å²) in [4.78, 5) is 72.9. The van der Waals surface area contributed by atoms with Gasteiger partial charge in [0.2, 0.25) is 0 Å². The number of ether oxygens (including phenoxy) is 4. The van der Waals surface area contributed by atoms with Gasteiger partial charge in [0.15, 0.2) is 12.2 Å². The van der Waals surface area contributed by atoms with E-state index >= 15 is 0 Å². The topological polar surface area (TPSA) is 237 Å². The largest absolute Gasteiger partial charge is 0.472 e. The van der Waals surface area contributed by atoms with Crippen LogP contribution in [-0.4, -0.2) is 96.7 Å². The van der Waals surface area contributed by atoms with E-state index in [1.54, 1.807) is 0 Å². The van der Waals surface area contributed by atoms with E-state index in [1.165, 1.54) is 231 Å². The molecule has 0 aliphatic carbocycles. The Bertz CT molecular complexity index is 1920. The molecule has 0 aliphatic heterocycles. The van der Waals surface area contributed by atoms with Gasteiger partial charge in [-0.15, -0.1) is 0 Å². The Kier molecular flexibility index (Phi) is 71.2. The van der Waals surface area contributed by atoms with Gasteiger partial charge in [-0.25, -0.2) is 9.13 Å². The fourth-order valence-electron chi connectivity index (χ4n) is 12.5. The van der Waals surface area contributed by atoms with Gasteiger partial charge in [-0.2, -0.15) is 0 Å². The SMILES string of the molecule is CCCCCCCCCCCCCCCCCCCCCC(=O)OC[C@H](COP(=O)(O)OC[C@@H](O)COP(=O)(O)OC[C@@H](COC(=O)CCCCCCCCC)OC(=O)CCCCCCCCCCCCCCC(C)C)OC(=O)CCCCCCCCCCCCCCCCCCC(C)C. The molecule has 0 aromatic heterocycles. The van der Waals surface area contributed by atoms with Gasteiger partial charge >= 0.3 is 39.5 Å². The summed E-state index contributed by atoms with van der Waals surface area (Å²) in [6.45, 7) is 9.63. The number of phosphoric ester groups is 2. The molecule has 19 heteroatoms. The molecule has 2 unspecified atom stereocenters. The molecular formula is C81H158O17P2. The zero-order chi connectivity index (χ0) is 73.5. The van der Waals surface area contributed by atoms with Crippen LogP contribution in [0.1, 0.15) is 427 Å². The van der Waals surface area contributed by atoms with Crippen molar-refractivity contribution >= 4 is 39.5 Å². The van der Waals surface area contributed by atoms with Crippen molar-refractivity contribution in [2.45, 2.75) is 445 Å². The first-order valence-electron chi connectivity index (χ1n) is 42.0. The van der Waals surface area contributed by atoms with E-state index in [0.717, 1.165) is 115 Å². The second-order valence-corrected chi connectivity index (χ2v) is 33.0. The van der Waals surface area contributed by atoms with Crippen molar-refractivity contribution in [3.63, 3.8) is 0 Å². The molecule has 594 valence electrons. The third kappa shape index (κ3) is 74.3. The molecule has 0 rings (SSSR count). The van der Waals surface area contributed by atoms with Crippen LogP contribution in [-0.2, 0) is 65.4 Å². The van der Waals surface area contributed by atoms with Crippen LogP contribution in [0.5, 0.6) is 0 Å². The highest BCUT2D eigenvalue weighted by molar-refractivity contribution is 7.47. The zero-order valence-corrected chi connectivity index (χ0v) is 67.3. The first-order chi connectivity index (χ1) is 48.4. The van der Waals surface area contributed by atoms with Crippen LogP contribution in [0, 0.1) is 11.8 Å². The summed E-state index contributed by atoms with van der Waals surface area (Å²) in [5.41, 5.74) is 0. The fraction of sp³-hybridized carbons (Fsp3) is 0.951. The van der Waals surface area contributed by atoms with Crippen LogP contribution >= 0.6 is 15.6 Å². The molecule has 17 nitrogen and oxygen atoms in total. The normalized spacial score (nSPS) is 13.9. The Labute approximate surface area is 613 Å². The van der Waals surface area contributed by atoms with E-state index < -0.39 is 97.5 Å². The molecule has 0 aliphatic rings. The minimum absolute atomic E-state index is 0.107. The summed E-state index contributed by atoms with van der Waals surface area (Å²) in [6.07, 6.45) is 62.6. The molecule has 5 atom stereocenters. The molecule has 100 heavy (non-hydrogen) atoms. The van der Waals surface area contributed by atoms with E-state index in [1.807, 2.05) is 0 Å². The third-order valence-electron chi connectivity index (χ3n) is 19.0. The second-order valence-electron chi connectivity index (χ2n) is 30.1. The molecule has 3 N–H and O–H groups in total. The molecule has 0 spiro atoms. The number of rotatable bonds is 80. The lowest BCUT2D eigenvalue weighted by Crippen LogP contribution is -2.30.